The number of carbonyl (C=O) groups is 1. The van der Waals surface area contributed by atoms with Gasteiger partial charge in [0, 0.05) is 19.7 Å². The molecule has 0 bridgehead atoms. The fraction of sp³-hybridized carbons (Fsp3) is 0.125. The summed E-state index contributed by atoms with van der Waals surface area (Å²) >= 11 is 0. The number of likely N-dealkylation sites (N-methyl/N-ethyl adjacent to an activating group) is 1. The van der Waals surface area contributed by atoms with Crippen LogP contribution in [0, 0.1) is 11.3 Å². The van der Waals surface area contributed by atoms with Gasteiger partial charge in [-0.25, -0.2) is 0 Å². The summed E-state index contributed by atoms with van der Waals surface area (Å²) in [6.45, 7) is 0.493. The van der Waals surface area contributed by atoms with Gasteiger partial charge in [0.15, 0.2) is 0 Å². The average Bonchev–Trinajstić information content (AvgIpc) is 2.98. The molecule has 0 spiro atoms. The standard InChI is InChI=1S/C16H14N2O2/c1-18(12-14-6-4-13(11-17)5-7-14)16(19)9-8-15-3-2-10-20-15/h2-10H,12H2,1H3/b9-8+. The van der Waals surface area contributed by atoms with Crippen LogP contribution in [0.15, 0.2) is 53.2 Å². The lowest BCUT2D eigenvalue weighted by Gasteiger charge is -2.15. The molecule has 0 aliphatic carbocycles. The second-order valence-electron chi connectivity index (χ2n) is 4.35. The predicted molar refractivity (Wildman–Crippen MR) is 75.4 cm³/mol. The Morgan fingerprint density at radius 2 is 2.10 bits per heavy atom. The molecule has 0 saturated carbocycles. The van der Waals surface area contributed by atoms with E-state index in [9.17, 15) is 4.79 Å². The molecular weight excluding hydrogens is 252 g/mol. The van der Waals surface area contributed by atoms with Crippen molar-refractivity contribution in [3.8, 4) is 6.07 Å². The lowest BCUT2D eigenvalue weighted by Crippen LogP contribution is -2.24. The van der Waals surface area contributed by atoms with Crippen molar-refractivity contribution < 1.29 is 9.21 Å². The molecule has 4 nitrogen and oxygen atoms in total. The van der Waals surface area contributed by atoms with Crippen molar-refractivity contribution in [3.63, 3.8) is 0 Å². The Bertz CT molecular complexity index is 634. The molecule has 0 N–H and O–H groups in total. The van der Waals surface area contributed by atoms with Crippen LogP contribution in [0.25, 0.3) is 6.08 Å². The number of furan rings is 1. The fourth-order valence-electron chi connectivity index (χ4n) is 1.70. The normalized spacial score (nSPS) is 10.4. The molecule has 0 aliphatic heterocycles. The Morgan fingerprint density at radius 1 is 1.35 bits per heavy atom. The fourth-order valence-corrected chi connectivity index (χ4v) is 1.70. The molecule has 0 radical (unpaired) electrons. The van der Waals surface area contributed by atoms with Crippen LogP contribution in [-0.4, -0.2) is 17.9 Å². The van der Waals surface area contributed by atoms with Crippen LogP contribution >= 0.6 is 0 Å². The van der Waals surface area contributed by atoms with E-state index in [1.807, 2.05) is 12.1 Å². The van der Waals surface area contributed by atoms with Crippen molar-refractivity contribution in [2.24, 2.45) is 0 Å². The topological polar surface area (TPSA) is 57.2 Å². The van der Waals surface area contributed by atoms with E-state index in [0.29, 0.717) is 17.9 Å². The number of nitrogens with zero attached hydrogens (tertiary/aromatic N) is 2. The zero-order chi connectivity index (χ0) is 14.4. The first kappa shape index (κ1) is 13.6. The summed E-state index contributed by atoms with van der Waals surface area (Å²) in [6, 6.07) is 12.8. The Labute approximate surface area is 117 Å². The molecule has 2 aromatic rings. The Hall–Kier alpha value is -2.80. The third-order valence-corrected chi connectivity index (χ3v) is 2.81. The molecule has 4 heteroatoms. The minimum Gasteiger partial charge on any atom is -0.465 e. The van der Waals surface area contributed by atoms with Crippen LogP contribution in [0.1, 0.15) is 16.9 Å². The van der Waals surface area contributed by atoms with E-state index < -0.39 is 0 Å². The molecule has 1 amide bonds. The molecule has 20 heavy (non-hydrogen) atoms. The van der Waals surface area contributed by atoms with Crippen LogP contribution in [-0.2, 0) is 11.3 Å². The molecule has 0 atom stereocenters. The summed E-state index contributed by atoms with van der Waals surface area (Å²) < 4.78 is 5.12. The average molecular weight is 266 g/mol. The van der Waals surface area contributed by atoms with Gasteiger partial charge in [-0.2, -0.15) is 5.26 Å². The number of amides is 1. The summed E-state index contributed by atoms with van der Waals surface area (Å²) in [5.41, 5.74) is 1.59. The van der Waals surface area contributed by atoms with Gasteiger partial charge in [-0.05, 0) is 35.9 Å². The predicted octanol–water partition coefficient (Wildman–Crippen LogP) is 2.82. The second kappa shape index (κ2) is 6.39. The minimum absolute atomic E-state index is 0.106. The highest BCUT2D eigenvalue weighted by molar-refractivity contribution is 5.91. The summed E-state index contributed by atoms with van der Waals surface area (Å²) in [7, 11) is 1.73. The van der Waals surface area contributed by atoms with E-state index in [1.165, 1.54) is 6.08 Å². The van der Waals surface area contributed by atoms with Gasteiger partial charge < -0.3 is 9.32 Å². The van der Waals surface area contributed by atoms with Crippen LogP contribution in [0.4, 0.5) is 0 Å². The lowest BCUT2D eigenvalue weighted by molar-refractivity contribution is -0.125. The van der Waals surface area contributed by atoms with E-state index >= 15 is 0 Å². The quantitative estimate of drug-likeness (QED) is 0.799. The zero-order valence-electron chi connectivity index (χ0n) is 11.1. The molecule has 1 aromatic carbocycles. The summed E-state index contributed by atoms with van der Waals surface area (Å²) in [5.74, 6) is 0.538. The maximum absolute atomic E-state index is 11.9. The molecule has 1 heterocycles. The van der Waals surface area contributed by atoms with E-state index in [2.05, 4.69) is 6.07 Å². The van der Waals surface area contributed by atoms with Crippen molar-refractivity contribution in [2.75, 3.05) is 7.05 Å². The molecule has 0 saturated heterocycles. The number of hydrogen-bond donors (Lipinski definition) is 0. The van der Waals surface area contributed by atoms with Gasteiger partial charge in [0.05, 0.1) is 17.9 Å². The highest BCUT2D eigenvalue weighted by Gasteiger charge is 2.06. The number of hydrogen-bond acceptors (Lipinski definition) is 3. The first-order valence-electron chi connectivity index (χ1n) is 6.15. The highest BCUT2D eigenvalue weighted by atomic mass is 16.3. The van der Waals surface area contributed by atoms with Crippen LogP contribution in [0.2, 0.25) is 0 Å². The number of rotatable bonds is 4. The molecule has 0 aliphatic rings. The molecule has 0 fully saturated rings. The van der Waals surface area contributed by atoms with Crippen molar-refractivity contribution in [1.29, 1.82) is 5.26 Å². The van der Waals surface area contributed by atoms with Gasteiger partial charge in [0.25, 0.3) is 0 Å². The van der Waals surface area contributed by atoms with E-state index in [-0.39, 0.29) is 5.91 Å². The number of nitriles is 1. The highest BCUT2D eigenvalue weighted by Crippen LogP contribution is 2.07. The smallest absolute Gasteiger partial charge is 0.246 e. The third-order valence-electron chi connectivity index (χ3n) is 2.81. The largest absolute Gasteiger partial charge is 0.465 e. The van der Waals surface area contributed by atoms with Gasteiger partial charge in [-0.1, -0.05) is 12.1 Å². The Morgan fingerprint density at radius 3 is 2.70 bits per heavy atom. The Kier molecular flexibility index (Phi) is 4.35. The summed E-state index contributed by atoms with van der Waals surface area (Å²) in [5, 5.41) is 8.73. The Balaban J connectivity index is 1.95. The molecule has 100 valence electrons. The van der Waals surface area contributed by atoms with Crippen molar-refractivity contribution in [3.05, 3.63) is 65.6 Å². The molecular formula is C16H14N2O2. The van der Waals surface area contributed by atoms with Gasteiger partial charge in [0.2, 0.25) is 5.91 Å². The second-order valence-corrected chi connectivity index (χ2v) is 4.35. The lowest BCUT2D eigenvalue weighted by atomic mass is 10.1. The summed E-state index contributed by atoms with van der Waals surface area (Å²) in [4.78, 5) is 13.5. The number of benzene rings is 1. The number of carbonyl (C=O) groups excluding carboxylic acids is 1. The van der Waals surface area contributed by atoms with Gasteiger partial charge in [-0.15, -0.1) is 0 Å². The maximum atomic E-state index is 11.9. The van der Waals surface area contributed by atoms with Crippen molar-refractivity contribution in [2.45, 2.75) is 6.54 Å². The SMILES string of the molecule is CN(Cc1ccc(C#N)cc1)C(=O)/C=C/c1ccco1. The van der Waals surface area contributed by atoms with Crippen LogP contribution < -0.4 is 0 Å². The van der Waals surface area contributed by atoms with Crippen LogP contribution in [0.5, 0.6) is 0 Å². The molecule has 0 unspecified atom stereocenters. The van der Waals surface area contributed by atoms with Gasteiger partial charge in [0.1, 0.15) is 5.76 Å². The van der Waals surface area contributed by atoms with E-state index in [4.69, 9.17) is 9.68 Å². The van der Waals surface area contributed by atoms with Gasteiger partial charge in [-0.3, -0.25) is 4.79 Å². The van der Waals surface area contributed by atoms with E-state index in [1.54, 1.807) is 48.6 Å². The first-order valence-corrected chi connectivity index (χ1v) is 6.15. The molecule has 2 rings (SSSR count). The zero-order valence-corrected chi connectivity index (χ0v) is 11.1. The van der Waals surface area contributed by atoms with Crippen molar-refractivity contribution >= 4 is 12.0 Å². The third kappa shape index (κ3) is 3.59. The van der Waals surface area contributed by atoms with Crippen molar-refractivity contribution in [1.82, 2.24) is 4.90 Å². The molecule has 1 aromatic heterocycles. The summed E-state index contributed by atoms with van der Waals surface area (Å²) in [6.07, 6.45) is 4.67. The monoisotopic (exact) mass is 266 g/mol. The van der Waals surface area contributed by atoms with E-state index in [0.717, 1.165) is 5.56 Å². The maximum Gasteiger partial charge on any atom is 0.246 e. The van der Waals surface area contributed by atoms with Crippen LogP contribution in [0.3, 0.4) is 0 Å². The van der Waals surface area contributed by atoms with Gasteiger partial charge >= 0.3 is 0 Å². The first-order chi connectivity index (χ1) is 9.69. The minimum atomic E-state index is -0.106.